The van der Waals surface area contributed by atoms with Gasteiger partial charge in [-0.3, -0.25) is 14.9 Å². The summed E-state index contributed by atoms with van der Waals surface area (Å²) in [6.07, 6.45) is 11.6. The predicted octanol–water partition coefficient (Wildman–Crippen LogP) is 11.8. The van der Waals surface area contributed by atoms with Crippen molar-refractivity contribution in [3.8, 4) is 47.0 Å². The topological polar surface area (TPSA) is 114 Å². The molecule has 8 aromatic rings. The van der Waals surface area contributed by atoms with Gasteiger partial charge in [0.25, 0.3) is 0 Å². The Morgan fingerprint density at radius 3 is 1.75 bits per heavy atom. The second-order valence-electron chi connectivity index (χ2n) is 13.7. The lowest BCUT2D eigenvalue weighted by Crippen LogP contribution is -2.36. The molecule has 0 saturated carbocycles. The molecule has 1 aliphatic rings. The zero-order valence-electron chi connectivity index (χ0n) is 33.7. The normalized spacial score (nSPS) is 12.1. The molecule has 0 spiro atoms. The number of hydrogen-bond acceptors (Lipinski definition) is 10. The van der Waals surface area contributed by atoms with Crippen molar-refractivity contribution < 1.29 is 13.5 Å². The quantitative estimate of drug-likeness (QED) is 0.0909. The summed E-state index contributed by atoms with van der Waals surface area (Å²) < 4.78 is 33.5. The van der Waals surface area contributed by atoms with Crippen LogP contribution >= 0.6 is 61.7 Å². The summed E-state index contributed by atoms with van der Waals surface area (Å²) in [6.45, 7) is 3.97. The first kappa shape index (κ1) is 46.2. The Kier molecular flexibility index (Phi) is 16.3. The van der Waals surface area contributed by atoms with Crippen molar-refractivity contribution in [2.24, 2.45) is 0 Å². The van der Waals surface area contributed by atoms with Crippen LogP contribution in [-0.2, 0) is 4.74 Å². The maximum Gasteiger partial charge on any atom is 0.163 e. The lowest BCUT2D eigenvalue weighted by molar-refractivity contribution is 0.0443. The fraction of sp³-hybridized carbons (Fsp3) is 0.125. The third-order valence-electron chi connectivity index (χ3n) is 9.27. The molecule has 10 nitrogen and oxygen atoms in total. The van der Waals surface area contributed by atoms with Crippen LogP contribution in [0.5, 0.6) is 0 Å². The molecule has 4 aromatic heterocycles. The van der Waals surface area contributed by atoms with E-state index in [4.69, 9.17) is 44.3 Å². The van der Waals surface area contributed by atoms with Gasteiger partial charge < -0.3 is 15.4 Å². The van der Waals surface area contributed by atoms with E-state index in [1.807, 2.05) is 60.7 Å². The molecule has 9 rings (SSSR count). The fourth-order valence-electron chi connectivity index (χ4n) is 6.18. The van der Waals surface area contributed by atoms with E-state index < -0.39 is 11.6 Å². The Morgan fingerprint density at radius 1 is 0.719 bits per heavy atom. The van der Waals surface area contributed by atoms with E-state index in [1.54, 1.807) is 36.9 Å². The number of pyridine rings is 2. The summed E-state index contributed by atoms with van der Waals surface area (Å²) in [5.41, 5.74) is 5.28. The maximum atomic E-state index is 13.7. The van der Waals surface area contributed by atoms with Crippen LogP contribution in [0.3, 0.4) is 0 Å². The lowest BCUT2D eigenvalue weighted by Gasteiger charge is -2.24. The highest BCUT2D eigenvalue weighted by atomic mass is 127. The number of aromatic nitrogens is 6. The van der Waals surface area contributed by atoms with Gasteiger partial charge in [-0.15, -0.1) is 6.42 Å². The highest BCUT2D eigenvalue weighted by molar-refractivity contribution is 14.1. The Labute approximate surface area is 400 Å². The smallest absolute Gasteiger partial charge is 0.163 e. The van der Waals surface area contributed by atoms with Gasteiger partial charge in [0.2, 0.25) is 0 Å². The third kappa shape index (κ3) is 12.4. The van der Waals surface area contributed by atoms with Gasteiger partial charge in [0.15, 0.2) is 11.6 Å². The van der Waals surface area contributed by atoms with Crippen LogP contribution in [0, 0.1) is 39.4 Å². The van der Waals surface area contributed by atoms with Gasteiger partial charge in [0, 0.05) is 80.3 Å². The number of nitrogens with one attached hydrogen (secondary N) is 2. The summed E-state index contributed by atoms with van der Waals surface area (Å²) in [7, 11) is 0. The summed E-state index contributed by atoms with van der Waals surface area (Å²) >= 11 is 17.1. The van der Waals surface area contributed by atoms with Crippen LogP contribution in [0.25, 0.3) is 44.6 Å². The van der Waals surface area contributed by atoms with E-state index in [2.05, 4.69) is 91.8 Å². The maximum absolute atomic E-state index is 13.7. The van der Waals surface area contributed by atoms with Gasteiger partial charge in [-0.2, -0.15) is 0 Å². The molecule has 2 N–H and O–H groups in total. The number of halogens is 6. The standard InChI is InChI=1S/C26H21ClFN5O.C19H11ClFIN4.C3H3Br/c27-22-16-20(6-7-23(22)28)30-26-21-15-18(3-2-10-33-11-13-34-14-12-33)5-8-24(21)31-25(32-26)19-4-1-9-29-17-19;20-15-9-13(4-5-16(15)21)24-19-14-8-12(22)3-6-17(14)25-18(26-19)11-2-1-7-23-10-11;1-2-3-4/h1,4-9,15-17H,10-14H2,(H,30,31,32);1-10H,(H,24,25,26);1H,3H2. The zero-order chi connectivity index (χ0) is 44.8. The van der Waals surface area contributed by atoms with Crippen molar-refractivity contribution in [3.05, 3.63) is 153 Å². The first-order valence-corrected chi connectivity index (χ1v) is 22.5. The Morgan fingerprint density at radius 2 is 1.25 bits per heavy atom. The van der Waals surface area contributed by atoms with Crippen LogP contribution in [0.4, 0.5) is 31.8 Å². The molecule has 1 saturated heterocycles. The van der Waals surface area contributed by atoms with Crippen LogP contribution in [0.1, 0.15) is 5.56 Å². The number of morpholine rings is 1. The van der Waals surface area contributed by atoms with Gasteiger partial charge in [-0.1, -0.05) is 56.9 Å². The monoisotopic (exact) mass is 1070 g/mol. The molecule has 64 heavy (non-hydrogen) atoms. The van der Waals surface area contributed by atoms with Crippen LogP contribution in [0.15, 0.2) is 122 Å². The Hall–Kier alpha value is -5.85. The molecule has 0 atom stereocenters. The molecule has 0 amide bonds. The summed E-state index contributed by atoms with van der Waals surface area (Å²) in [5.74, 6) is 10.2. The van der Waals surface area contributed by atoms with Crippen molar-refractivity contribution in [2.45, 2.75) is 0 Å². The molecule has 1 aliphatic heterocycles. The van der Waals surface area contributed by atoms with Crippen LogP contribution in [0.2, 0.25) is 10.0 Å². The highest BCUT2D eigenvalue weighted by Crippen LogP contribution is 2.31. The van der Waals surface area contributed by atoms with E-state index in [-0.39, 0.29) is 10.0 Å². The van der Waals surface area contributed by atoms with Crippen LogP contribution < -0.4 is 10.6 Å². The summed E-state index contributed by atoms with van der Waals surface area (Å²) in [6, 6.07) is 28.2. The molecule has 5 heterocycles. The summed E-state index contributed by atoms with van der Waals surface area (Å²) in [4.78, 5) is 29.3. The van der Waals surface area contributed by atoms with Crippen molar-refractivity contribution in [3.63, 3.8) is 0 Å². The van der Waals surface area contributed by atoms with Gasteiger partial charge in [0.1, 0.15) is 23.3 Å². The number of rotatable bonds is 7. The van der Waals surface area contributed by atoms with E-state index in [9.17, 15) is 8.78 Å². The fourth-order valence-corrected chi connectivity index (χ4v) is 7.03. The molecule has 0 aliphatic carbocycles. The van der Waals surface area contributed by atoms with Gasteiger partial charge in [-0.25, -0.2) is 28.7 Å². The molecule has 320 valence electrons. The molecule has 0 radical (unpaired) electrons. The van der Waals surface area contributed by atoms with E-state index in [1.165, 1.54) is 24.3 Å². The van der Waals surface area contributed by atoms with Gasteiger partial charge in [0.05, 0.1) is 46.2 Å². The second-order valence-corrected chi connectivity index (χ2v) is 16.3. The van der Waals surface area contributed by atoms with Crippen molar-refractivity contribution in [1.29, 1.82) is 0 Å². The minimum atomic E-state index is -0.478. The highest BCUT2D eigenvalue weighted by Gasteiger charge is 2.14. The van der Waals surface area contributed by atoms with Gasteiger partial charge >= 0.3 is 0 Å². The first-order valence-electron chi connectivity index (χ1n) is 19.5. The number of hydrogen-bond donors (Lipinski definition) is 2. The van der Waals surface area contributed by atoms with E-state index in [0.717, 1.165) is 68.4 Å². The van der Waals surface area contributed by atoms with E-state index in [0.29, 0.717) is 46.5 Å². The molecular formula is C48H35BrCl2F2IN9O. The average Bonchev–Trinajstić information content (AvgIpc) is 3.32. The largest absolute Gasteiger partial charge is 0.379 e. The third-order valence-corrected chi connectivity index (χ3v) is 10.8. The molecular weight excluding hydrogens is 1030 g/mol. The predicted molar refractivity (Wildman–Crippen MR) is 264 cm³/mol. The van der Waals surface area contributed by atoms with Crippen LogP contribution in [-0.4, -0.2) is 73.0 Å². The lowest BCUT2D eigenvalue weighted by atomic mass is 10.1. The second kappa shape index (κ2) is 22.7. The molecule has 0 bridgehead atoms. The minimum Gasteiger partial charge on any atom is -0.379 e. The molecule has 4 aromatic carbocycles. The number of anilines is 4. The van der Waals surface area contributed by atoms with Crippen molar-refractivity contribution >= 4 is 107 Å². The Balaban J connectivity index is 0.000000182. The van der Waals surface area contributed by atoms with E-state index >= 15 is 0 Å². The van der Waals surface area contributed by atoms with Crippen molar-refractivity contribution in [1.82, 2.24) is 34.8 Å². The SMILES string of the molecule is C#CCBr.Fc1ccc(Nc2nc(-c3cccnc3)nc3ccc(C#CCN4CCOCC4)cc23)cc1Cl.Fc1ccc(Nc2nc(-c3cccnc3)nc3ccc(I)cc23)cc1Cl. The first-order chi connectivity index (χ1) is 31.2. The number of benzene rings is 4. The number of terminal acetylenes is 1. The summed E-state index contributed by atoms with van der Waals surface area (Å²) in [5, 5.41) is 8.90. The number of fused-ring (bicyclic) bond motifs is 2. The zero-order valence-corrected chi connectivity index (χ0v) is 38.9. The van der Waals surface area contributed by atoms with Gasteiger partial charge in [-0.05, 0) is 120 Å². The Bertz CT molecular complexity index is 3000. The van der Waals surface area contributed by atoms with Crippen molar-refractivity contribution in [2.75, 3.05) is 48.8 Å². The minimum absolute atomic E-state index is 0.0329. The number of ether oxygens (including phenoxy) is 1. The average molecular weight is 1070 g/mol. The molecule has 1 fully saturated rings. The molecule has 0 unspecified atom stereocenters. The number of alkyl halides is 1. The molecule has 16 heteroatoms. The number of nitrogens with zero attached hydrogens (tertiary/aromatic N) is 7.